The number of pyridine rings is 1. The summed E-state index contributed by atoms with van der Waals surface area (Å²) in [4.78, 5) is 28.7. The molecule has 1 heterocycles. The number of rotatable bonds is 4. The number of benzene rings is 1. The molecule has 0 radical (unpaired) electrons. The molecule has 4 heteroatoms. The maximum atomic E-state index is 12.6. The van der Waals surface area contributed by atoms with E-state index >= 15 is 0 Å². The molecule has 0 N–H and O–H groups in total. The van der Waals surface area contributed by atoms with Crippen molar-refractivity contribution in [2.45, 2.75) is 20.8 Å². The normalized spacial score (nSPS) is 11.3. The van der Waals surface area contributed by atoms with E-state index in [4.69, 9.17) is 4.74 Å². The zero-order chi connectivity index (χ0) is 14.8. The Morgan fingerprint density at radius 1 is 1.20 bits per heavy atom. The van der Waals surface area contributed by atoms with E-state index in [2.05, 4.69) is 4.98 Å². The van der Waals surface area contributed by atoms with Crippen LogP contribution < -0.4 is 0 Å². The Labute approximate surface area is 117 Å². The lowest BCUT2D eigenvalue weighted by molar-refractivity contribution is -0.150. The fourth-order valence-corrected chi connectivity index (χ4v) is 2.00. The maximum absolute atomic E-state index is 12.6. The number of hydrogen-bond acceptors (Lipinski definition) is 4. The van der Waals surface area contributed by atoms with Crippen molar-refractivity contribution in [3.63, 3.8) is 0 Å². The van der Waals surface area contributed by atoms with E-state index in [-0.39, 0.29) is 12.4 Å². The minimum Gasteiger partial charge on any atom is -0.465 e. The largest absolute Gasteiger partial charge is 0.465 e. The highest BCUT2D eigenvalue weighted by Gasteiger charge is 2.39. The van der Waals surface area contributed by atoms with Crippen LogP contribution in [0.2, 0.25) is 0 Å². The van der Waals surface area contributed by atoms with Gasteiger partial charge in [-0.05, 0) is 32.2 Å². The molecule has 1 aromatic carbocycles. The van der Waals surface area contributed by atoms with Gasteiger partial charge in [0.2, 0.25) is 0 Å². The van der Waals surface area contributed by atoms with Gasteiger partial charge in [0, 0.05) is 11.6 Å². The Morgan fingerprint density at radius 3 is 2.60 bits per heavy atom. The summed E-state index contributed by atoms with van der Waals surface area (Å²) in [5.41, 5.74) is -0.936. The summed E-state index contributed by atoms with van der Waals surface area (Å²) in [5, 5.41) is 1.67. The molecule has 104 valence electrons. The van der Waals surface area contributed by atoms with Crippen LogP contribution in [-0.4, -0.2) is 23.3 Å². The van der Waals surface area contributed by atoms with Crippen LogP contribution in [0.3, 0.4) is 0 Å². The van der Waals surface area contributed by atoms with Gasteiger partial charge in [0.05, 0.1) is 6.61 Å². The SMILES string of the molecule is CCOC(=O)C(C)(C)C(=O)c1nccc2ccccc12. The Bertz CT molecular complexity index is 656. The van der Waals surface area contributed by atoms with Gasteiger partial charge in [-0.1, -0.05) is 24.3 Å². The molecule has 0 saturated carbocycles. The van der Waals surface area contributed by atoms with E-state index < -0.39 is 11.4 Å². The zero-order valence-corrected chi connectivity index (χ0v) is 11.8. The van der Waals surface area contributed by atoms with E-state index in [1.54, 1.807) is 27.0 Å². The van der Waals surface area contributed by atoms with Crippen molar-refractivity contribution in [2.24, 2.45) is 5.41 Å². The third-order valence-corrected chi connectivity index (χ3v) is 3.24. The van der Waals surface area contributed by atoms with Crippen molar-refractivity contribution in [3.8, 4) is 0 Å². The molecule has 0 unspecified atom stereocenters. The number of nitrogens with zero attached hydrogens (tertiary/aromatic N) is 1. The van der Waals surface area contributed by atoms with Crippen molar-refractivity contribution in [1.82, 2.24) is 4.98 Å². The van der Waals surface area contributed by atoms with Gasteiger partial charge in [0.1, 0.15) is 11.1 Å². The second kappa shape index (κ2) is 5.41. The second-order valence-corrected chi connectivity index (χ2v) is 5.06. The third kappa shape index (κ3) is 2.41. The Balaban J connectivity index is 2.48. The molecule has 0 amide bonds. The fraction of sp³-hybridized carbons (Fsp3) is 0.312. The lowest BCUT2D eigenvalue weighted by Gasteiger charge is -2.20. The van der Waals surface area contributed by atoms with Crippen LogP contribution in [0.15, 0.2) is 36.5 Å². The monoisotopic (exact) mass is 271 g/mol. The molecular weight excluding hydrogens is 254 g/mol. The lowest BCUT2D eigenvalue weighted by Crippen LogP contribution is -2.35. The molecule has 20 heavy (non-hydrogen) atoms. The average molecular weight is 271 g/mol. The molecule has 0 aliphatic carbocycles. The number of carbonyl (C=O) groups is 2. The van der Waals surface area contributed by atoms with E-state index in [1.807, 2.05) is 30.3 Å². The molecule has 0 aliphatic rings. The first-order valence-corrected chi connectivity index (χ1v) is 6.54. The highest BCUT2D eigenvalue weighted by atomic mass is 16.5. The minimum atomic E-state index is -1.24. The minimum absolute atomic E-state index is 0.249. The van der Waals surface area contributed by atoms with E-state index in [9.17, 15) is 9.59 Å². The number of Topliss-reactive ketones (excluding diaryl/α,β-unsaturated/α-hetero) is 1. The molecule has 0 atom stereocenters. The number of ketones is 1. The van der Waals surface area contributed by atoms with Gasteiger partial charge < -0.3 is 4.74 Å². The lowest BCUT2D eigenvalue weighted by atomic mass is 9.85. The van der Waals surface area contributed by atoms with Crippen molar-refractivity contribution in [2.75, 3.05) is 6.61 Å². The molecule has 0 aliphatic heterocycles. The van der Waals surface area contributed by atoms with Gasteiger partial charge in [-0.2, -0.15) is 0 Å². The molecule has 0 saturated heterocycles. The Hall–Kier alpha value is -2.23. The van der Waals surface area contributed by atoms with Gasteiger partial charge in [-0.25, -0.2) is 0 Å². The third-order valence-electron chi connectivity index (χ3n) is 3.24. The van der Waals surface area contributed by atoms with Crippen molar-refractivity contribution >= 4 is 22.5 Å². The Morgan fingerprint density at radius 2 is 1.90 bits per heavy atom. The van der Waals surface area contributed by atoms with Crippen molar-refractivity contribution < 1.29 is 14.3 Å². The fourth-order valence-electron chi connectivity index (χ4n) is 2.00. The molecule has 2 aromatic rings. The van der Waals surface area contributed by atoms with Gasteiger partial charge in [0.15, 0.2) is 5.78 Å². The summed E-state index contributed by atoms with van der Waals surface area (Å²) in [6.07, 6.45) is 1.58. The van der Waals surface area contributed by atoms with Crippen molar-refractivity contribution in [3.05, 3.63) is 42.2 Å². The molecule has 0 spiro atoms. The summed E-state index contributed by atoms with van der Waals surface area (Å²) in [7, 11) is 0. The first-order valence-electron chi connectivity index (χ1n) is 6.54. The number of aromatic nitrogens is 1. The second-order valence-electron chi connectivity index (χ2n) is 5.06. The van der Waals surface area contributed by atoms with Gasteiger partial charge in [-0.15, -0.1) is 0 Å². The van der Waals surface area contributed by atoms with Crippen LogP contribution in [0.1, 0.15) is 31.3 Å². The number of hydrogen-bond donors (Lipinski definition) is 0. The summed E-state index contributed by atoms with van der Waals surface area (Å²) in [6, 6.07) is 9.32. The molecular formula is C16H17NO3. The molecule has 0 fully saturated rings. The van der Waals surface area contributed by atoms with Crippen LogP contribution in [0, 0.1) is 5.41 Å². The summed E-state index contributed by atoms with van der Waals surface area (Å²) in [5.74, 6) is -0.854. The number of esters is 1. The van der Waals surface area contributed by atoms with Crippen LogP contribution in [0.25, 0.3) is 10.8 Å². The molecule has 1 aromatic heterocycles. The molecule has 2 rings (SSSR count). The maximum Gasteiger partial charge on any atom is 0.319 e. The van der Waals surface area contributed by atoms with Crippen LogP contribution >= 0.6 is 0 Å². The quantitative estimate of drug-likeness (QED) is 0.487. The van der Waals surface area contributed by atoms with Gasteiger partial charge in [0.25, 0.3) is 0 Å². The predicted octanol–water partition coefficient (Wildman–Crippen LogP) is 3.01. The standard InChI is InChI=1S/C16H17NO3/c1-4-20-15(19)16(2,3)14(18)13-12-8-6-5-7-11(12)9-10-17-13/h5-10H,4H2,1-3H3. The van der Waals surface area contributed by atoms with Crippen LogP contribution in [0.4, 0.5) is 0 Å². The van der Waals surface area contributed by atoms with E-state index in [0.717, 1.165) is 10.8 Å². The summed E-state index contributed by atoms with van der Waals surface area (Å²) < 4.78 is 4.97. The van der Waals surface area contributed by atoms with Gasteiger partial charge in [-0.3, -0.25) is 14.6 Å². The first-order chi connectivity index (χ1) is 9.48. The summed E-state index contributed by atoms with van der Waals surface area (Å²) >= 11 is 0. The number of fused-ring (bicyclic) bond motifs is 1. The first kappa shape index (κ1) is 14.2. The van der Waals surface area contributed by atoms with Gasteiger partial charge >= 0.3 is 5.97 Å². The Kier molecular flexibility index (Phi) is 3.84. The average Bonchev–Trinajstić information content (AvgIpc) is 2.46. The molecule has 0 bridgehead atoms. The van der Waals surface area contributed by atoms with Crippen LogP contribution in [0.5, 0.6) is 0 Å². The highest BCUT2D eigenvalue weighted by molar-refractivity contribution is 6.16. The van der Waals surface area contributed by atoms with Crippen molar-refractivity contribution in [1.29, 1.82) is 0 Å². The molecule has 4 nitrogen and oxygen atoms in total. The summed E-state index contributed by atoms with van der Waals surface area (Å²) in [6.45, 7) is 5.10. The zero-order valence-electron chi connectivity index (χ0n) is 11.8. The highest BCUT2D eigenvalue weighted by Crippen LogP contribution is 2.27. The van der Waals surface area contributed by atoms with E-state index in [1.165, 1.54) is 0 Å². The van der Waals surface area contributed by atoms with Crippen LogP contribution in [-0.2, 0) is 9.53 Å². The number of carbonyl (C=O) groups excluding carboxylic acids is 2. The number of ether oxygens (including phenoxy) is 1. The van der Waals surface area contributed by atoms with E-state index in [0.29, 0.717) is 5.69 Å². The topological polar surface area (TPSA) is 56.3 Å². The predicted molar refractivity (Wildman–Crippen MR) is 76.5 cm³/mol. The smallest absolute Gasteiger partial charge is 0.319 e.